The third-order valence-electron chi connectivity index (χ3n) is 6.93. The lowest BCUT2D eigenvalue weighted by Gasteiger charge is -2.36. The van der Waals surface area contributed by atoms with Crippen LogP contribution in [0.1, 0.15) is 22.6 Å². The summed E-state index contributed by atoms with van der Waals surface area (Å²) in [5.41, 5.74) is 11.2. The van der Waals surface area contributed by atoms with Gasteiger partial charge in [0.15, 0.2) is 5.58 Å². The summed E-state index contributed by atoms with van der Waals surface area (Å²) in [6.45, 7) is 3.79. The van der Waals surface area contributed by atoms with Gasteiger partial charge in [0.2, 0.25) is 5.89 Å². The summed E-state index contributed by atoms with van der Waals surface area (Å²) in [7, 11) is 2.43. The Morgan fingerprint density at radius 1 is 1.00 bits per heavy atom. The highest BCUT2D eigenvalue weighted by Gasteiger charge is 2.43. The van der Waals surface area contributed by atoms with E-state index in [0.29, 0.717) is 39.4 Å². The number of hydrogen-bond donors (Lipinski definition) is 1. The summed E-state index contributed by atoms with van der Waals surface area (Å²) in [6, 6.07) is 22.1. The van der Waals surface area contributed by atoms with Gasteiger partial charge in [-0.25, -0.2) is 14.6 Å². The molecule has 0 spiro atoms. The van der Waals surface area contributed by atoms with Gasteiger partial charge in [0.05, 0.1) is 43.0 Å². The number of nitrogens with zero attached hydrogens (tertiary/aromatic N) is 3. The van der Waals surface area contributed by atoms with Crippen LogP contribution in [0, 0.1) is 25.2 Å². The van der Waals surface area contributed by atoms with Crippen molar-refractivity contribution in [2.24, 2.45) is 5.73 Å². The van der Waals surface area contributed by atoms with Crippen molar-refractivity contribution in [3.05, 3.63) is 106 Å². The number of esters is 2. The molecular formula is C31H26N4O5. The van der Waals surface area contributed by atoms with Crippen molar-refractivity contribution in [3.8, 4) is 17.5 Å². The van der Waals surface area contributed by atoms with Crippen molar-refractivity contribution in [3.63, 3.8) is 0 Å². The molecular weight excluding hydrogens is 508 g/mol. The number of hydrogen-bond acceptors (Lipinski definition) is 9. The van der Waals surface area contributed by atoms with Crippen LogP contribution in [0.3, 0.4) is 0 Å². The van der Waals surface area contributed by atoms with Crippen molar-refractivity contribution >= 4 is 28.7 Å². The van der Waals surface area contributed by atoms with Gasteiger partial charge in [-0.3, -0.25) is 4.90 Å². The molecule has 1 unspecified atom stereocenters. The Morgan fingerprint density at radius 3 is 2.40 bits per heavy atom. The maximum absolute atomic E-state index is 13.4. The van der Waals surface area contributed by atoms with Crippen molar-refractivity contribution in [1.82, 2.24) is 4.98 Å². The fourth-order valence-electron chi connectivity index (χ4n) is 5.01. The van der Waals surface area contributed by atoms with Crippen LogP contribution in [0.4, 0.5) is 5.69 Å². The first-order valence-corrected chi connectivity index (χ1v) is 12.4. The first kappa shape index (κ1) is 26.3. The van der Waals surface area contributed by atoms with Gasteiger partial charge in [-0.2, -0.15) is 5.26 Å². The molecule has 1 aliphatic rings. The van der Waals surface area contributed by atoms with Gasteiger partial charge in [-0.1, -0.05) is 42.5 Å². The number of nitrogens with two attached hydrogens (primary N) is 1. The van der Waals surface area contributed by atoms with Crippen molar-refractivity contribution in [1.29, 1.82) is 5.26 Å². The van der Waals surface area contributed by atoms with E-state index in [0.717, 1.165) is 5.56 Å². The van der Waals surface area contributed by atoms with Crippen LogP contribution in [0.25, 0.3) is 22.6 Å². The number of aromatic nitrogens is 1. The minimum absolute atomic E-state index is 0.0159. The van der Waals surface area contributed by atoms with Gasteiger partial charge >= 0.3 is 11.9 Å². The van der Waals surface area contributed by atoms with E-state index in [9.17, 15) is 14.9 Å². The van der Waals surface area contributed by atoms with E-state index in [2.05, 4.69) is 11.1 Å². The fourth-order valence-corrected chi connectivity index (χ4v) is 5.01. The summed E-state index contributed by atoms with van der Waals surface area (Å²) in [6.07, 6.45) is 0. The minimum Gasteiger partial charge on any atom is -0.466 e. The van der Waals surface area contributed by atoms with E-state index in [1.165, 1.54) is 19.1 Å². The zero-order chi connectivity index (χ0) is 28.6. The monoisotopic (exact) mass is 534 g/mol. The second-order valence-corrected chi connectivity index (χ2v) is 9.28. The van der Waals surface area contributed by atoms with E-state index < -0.39 is 17.9 Å². The molecule has 0 fully saturated rings. The van der Waals surface area contributed by atoms with E-state index in [-0.39, 0.29) is 22.7 Å². The molecule has 0 saturated carbocycles. The molecule has 200 valence electrons. The highest BCUT2D eigenvalue weighted by Crippen LogP contribution is 2.45. The average Bonchev–Trinajstić information content (AvgIpc) is 3.39. The number of rotatable bonds is 5. The van der Waals surface area contributed by atoms with Crippen LogP contribution in [-0.4, -0.2) is 31.1 Å². The summed E-state index contributed by atoms with van der Waals surface area (Å²) in [5, 5.41) is 10.3. The average molecular weight is 535 g/mol. The van der Waals surface area contributed by atoms with Gasteiger partial charge in [0.1, 0.15) is 17.0 Å². The number of ether oxygens (including phenoxy) is 2. The third-order valence-corrected chi connectivity index (χ3v) is 6.93. The van der Waals surface area contributed by atoms with Gasteiger partial charge in [-0.15, -0.1) is 0 Å². The molecule has 0 saturated heterocycles. The SMILES string of the molecule is COC(=O)C1=C(C(=O)OC)N(c2cccc(-c3nc4cc(C)ccc4o3)c2C)C(N)=C(C#N)C1c1ccccc1. The normalized spacial score (nSPS) is 15.3. The van der Waals surface area contributed by atoms with E-state index in [4.69, 9.17) is 19.6 Å². The molecule has 9 heteroatoms. The van der Waals surface area contributed by atoms with Crippen LogP contribution in [0.5, 0.6) is 0 Å². The largest absolute Gasteiger partial charge is 0.466 e. The molecule has 3 aromatic carbocycles. The number of fused-ring (bicyclic) bond motifs is 1. The van der Waals surface area contributed by atoms with E-state index in [1.807, 2.05) is 44.2 Å². The number of carbonyl (C=O) groups excluding carboxylic acids is 2. The van der Waals surface area contributed by atoms with Crippen LogP contribution in [0.2, 0.25) is 0 Å². The van der Waals surface area contributed by atoms with Gasteiger partial charge in [-0.05, 0) is 54.8 Å². The third kappa shape index (κ3) is 4.25. The van der Waals surface area contributed by atoms with Crippen molar-refractivity contribution in [2.45, 2.75) is 19.8 Å². The summed E-state index contributed by atoms with van der Waals surface area (Å²) >= 11 is 0. The standard InChI is InChI=1S/C31H26N4O5/c1-17-13-14-24-22(15-17)34-29(40-24)20-11-8-12-23(18(20)2)35-27(31(37)39-4)26(30(36)38-3)25(21(16-32)28(35)33)19-9-6-5-7-10-19/h5-15,25H,33H2,1-4H3. The summed E-state index contributed by atoms with van der Waals surface area (Å²) < 4.78 is 16.3. The Hall–Kier alpha value is -5.36. The second kappa shape index (κ2) is 10.4. The quantitative estimate of drug-likeness (QED) is 0.351. The van der Waals surface area contributed by atoms with E-state index >= 15 is 0 Å². The van der Waals surface area contributed by atoms with Crippen LogP contribution >= 0.6 is 0 Å². The predicted octanol–water partition coefficient (Wildman–Crippen LogP) is 5.01. The maximum atomic E-state index is 13.4. The number of anilines is 1. The predicted molar refractivity (Wildman–Crippen MR) is 148 cm³/mol. The second-order valence-electron chi connectivity index (χ2n) is 9.28. The number of aryl methyl sites for hydroxylation is 1. The molecule has 0 radical (unpaired) electrons. The molecule has 0 bridgehead atoms. The number of benzene rings is 3. The number of oxazole rings is 1. The first-order chi connectivity index (χ1) is 19.3. The molecule has 0 aliphatic carbocycles. The Morgan fingerprint density at radius 2 is 1.73 bits per heavy atom. The van der Waals surface area contributed by atoms with Gasteiger partial charge in [0.25, 0.3) is 0 Å². The Labute approximate surface area is 230 Å². The van der Waals surface area contributed by atoms with Crippen molar-refractivity contribution < 1.29 is 23.5 Å². The Balaban J connectivity index is 1.78. The topological polar surface area (TPSA) is 132 Å². The number of carbonyl (C=O) groups is 2. The number of allylic oxidation sites excluding steroid dienone is 1. The zero-order valence-electron chi connectivity index (χ0n) is 22.4. The fraction of sp³-hybridized carbons (Fsp3) is 0.161. The van der Waals surface area contributed by atoms with Gasteiger partial charge in [0, 0.05) is 5.56 Å². The lowest BCUT2D eigenvalue weighted by Crippen LogP contribution is -2.41. The summed E-state index contributed by atoms with van der Waals surface area (Å²) in [4.78, 5) is 32.7. The molecule has 2 heterocycles. The molecule has 2 N–H and O–H groups in total. The molecule has 1 aliphatic heterocycles. The smallest absolute Gasteiger partial charge is 0.355 e. The highest BCUT2D eigenvalue weighted by atomic mass is 16.5. The van der Waals surface area contributed by atoms with Crippen LogP contribution in [-0.2, 0) is 19.1 Å². The zero-order valence-corrected chi connectivity index (χ0v) is 22.4. The van der Waals surface area contributed by atoms with E-state index in [1.54, 1.807) is 36.4 Å². The van der Waals surface area contributed by atoms with Crippen LogP contribution < -0.4 is 10.6 Å². The molecule has 1 aromatic heterocycles. The number of methoxy groups -OCH3 is 2. The lowest BCUT2D eigenvalue weighted by molar-refractivity contribution is -0.139. The first-order valence-electron chi connectivity index (χ1n) is 12.4. The highest BCUT2D eigenvalue weighted by molar-refractivity contribution is 6.06. The maximum Gasteiger partial charge on any atom is 0.355 e. The summed E-state index contributed by atoms with van der Waals surface area (Å²) in [5.74, 6) is -2.20. The Bertz CT molecular complexity index is 1760. The van der Waals surface area contributed by atoms with Crippen molar-refractivity contribution in [2.75, 3.05) is 19.1 Å². The molecule has 1 atom stereocenters. The lowest BCUT2D eigenvalue weighted by atomic mass is 9.80. The molecule has 0 amide bonds. The molecule has 40 heavy (non-hydrogen) atoms. The Kier molecular flexibility index (Phi) is 6.84. The van der Waals surface area contributed by atoms with Gasteiger partial charge < -0.3 is 19.6 Å². The molecule has 9 nitrogen and oxygen atoms in total. The molecule has 4 aromatic rings. The van der Waals surface area contributed by atoms with Crippen LogP contribution in [0.15, 0.2) is 93.8 Å². The number of nitriles is 1. The minimum atomic E-state index is -0.951. The molecule has 5 rings (SSSR count).